The Balaban J connectivity index is 2.46. The average molecular weight is 323 g/mol. The predicted octanol–water partition coefficient (Wildman–Crippen LogP) is 2.42. The van der Waals surface area contributed by atoms with Crippen molar-refractivity contribution in [3.8, 4) is 0 Å². The van der Waals surface area contributed by atoms with E-state index in [1.165, 1.54) is 0 Å². The summed E-state index contributed by atoms with van der Waals surface area (Å²) >= 11 is 0. The van der Waals surface area contributed by atoms with Gasteiger partial charge in [-0.25, -0.2) is 9.59 Å². The van der Waals surface area contributed by atoms with E-state index in [9.17, 15) is 14.7 Å². The van der Waals surface area contributed by atoms with Crippen LogP contribution in [0.15, 0.2) is 18.3 Å². The molecule has 0 bridgehead atoms. The van der Waals surface area contributed by atoms with Gasteiger partial charge in [-0.05, 0) is 52.2 Å². The Morgan fingerprint density at radius 1 is 1.35 bits per heavy atom. The van der Waals surface area contributed by atoms with Crippen LogP contribution < -0.4 is 10.6 Å². The molecule has 1 rings (SSSR count). The van der Waals surface area contributed by atoms with Crippen LogP contribution in [-0.4, -0.2) is 40.8 Å². The summed E-state index contributed by atoms with van der Waals surface area (Å²) in [6, 6.07) is 2.83. The van der Waals surface area contributed by atoms with Gasteiger partial charge in [-0.2, -0.15) is 0 Å². The molecule has 128 valence electrons. The van der Waals surface area contributed by atoms with Crippen molar-refractivity contribution in [1.82, 2.24) is 10.3 Å². The third-order valence-electron chi connectivity index (χ3n) is 3.03. The fourth-order valence-corrected chi connectivity index (χ4v) is 1.91. The fraction of sp³-hybridized carbons (Fsp3) is 0.562. The lowest BCUT2D eigenvalue weighted by Crippen LogP contribution is -2.43. The molecule has 0 aromatic carbocycles. The Kier molecular flexibility index (Phi) is 6.81. The minimum absolute atomic E-state index is 0.310. The number of hydrogen-bond acceptors (Lipinski definition) is 5. The van der Waals surface area contributed by atoms with Gasteiger partial charge < -0.3 is 20.5 Å². The summed E-state index contributed by atoms with van der Waals surface area (Å²) in [5, 5.41) is 14.6. The summed E-state index contributed by atoms with van der Waals surface area (Å²) in [5.41, 5.74) is 1.14. The molecule has 0 spiro atoms. The largest absolute Gasteiger partial charge is 0.480 e. The number of aromatic nitrogens is 1. The number of carbonyl (C=O) groups excluding carboxylic acids is 1. The van der Waals surface area contributed by atoms with Crippen molar-refractivity contribution < 1.29 is 19.4 Å². The molecule has 1 atom stereocenters. The van der Waals surface area contributed by atoms with Gasteiger partial charge in [0.25, 0.3) is 0 Å². The van der Waals surface area contributed by atoms with Crippen molar-refractivity contribution in [3.05, 3.63) is 24.0 Å². The number of carboxylic acids is 1. The van der Waals surface area contributed by atoms with Crippen molar-refractivity contribution in [3.63, 3.8) is 0 Å². The summed E-state index contributed by atoms with van der Waals surface area (Å²) in [6.07, 6.45) is 2.55. The minimum atomic E-state index is -1.07. The van der Waals surface area contributed by atoms with Gasteiger partial charge >= 0.3 is 12.1 Å². The Labute approximate surface area is 136 Å². The molecule has 23 heavy (non-hydrogen) atoms. The van der Waals surface area contributed by atoms with E-state index >= 15 is 0 Å². The van der Waals surface area contributed by atoms with Gasteiger partial charge in [0.15, 0.2) is 0 Å². The SMILES string of the molecule is CNc1ccc(CCCC(NC(=O)OC(C)(C)C)C(=O)O)nc1. The Morgan fingerprint density at radius 2 is 2.04 bits per heavy atom. The van der Waals surface area contributed by atoms with E-state index in [1.54, 1.807) is 27.0 Å². The van der Waals surface area contributed by atoms with Gasteiger partial charge in [-0.15, -0.1) is 0 Å². The summed E-state index contributed by atoms with van der Waals surface area (Å²) in [7, 11) is 1.82. The number of nitrogens with one attached hydrogen (secondary N) is 2. The third kappa shape index (κ3) is 7.49. The lowest BCUT2D eigenvalue weighted by Gasteiger charge is -2.22. The van der Waals surface area contributed by atoms with Gasteiger partial charge in [0.1, 0.15) is 11.6 Å². The molecule has 0 saturated heterocycles. The third-order valence-corrected chi connectivity index (χ3v) is 3.03. The van der Waals surface area contributed by atoms with Gasteiger partial charge in [0, 0.05) is 12.7 Å². The zero-order valence-electron chi connectivity index (χ0n) is 14.0. The molecular formula is C16H25N3O4. The topological polar surface area (TPSA) is 101 Å². The summed E-state index contributed by atoms with van der Waals surface area (Å²) in [5.74, 6) is -1.07. The van der Waals surface area contributed by atoms with Crippen LogP contribution in [0.3, 0.4) is 0 Å². The van der Waals surface area contributed by atoms with Crippen LogP contribution >= 0.6 is 0 Å². The molecule has 3 N–H and O–H groups in total. The zero-order valence-corrected chi connectivity index (χ0v) is 14.0. The number of carboxylic acid groups (broad SMARTS) is 1. The molecule has 1 unspecified atom stereocenters. The summed E-state index contributed by atoms with van der Waals surface area (Å²) in [6.45, 7) is 5.18. The van der Waals surface area contributed by atoms with Crippen LogP contribution in [0.4, 0.5) is 10.5 Å². The second-order valence-corrected chi connectivity index (χ2v) is 6.22. The first-order valence-electron chi connectivity index (χ1n) is 7.56. The number of pyridine rings is 1. The number of amides is 1. The van der Waals surface area contributed by atoms with Crippen LogP contribution in [-0.2, 0) is 16.0 Å². The van der Waals surface area contributed by atoms with Crippen molar-refractivity contribution in [2.45, 2.75) is 51.7 Å². The van der Waals surface area contributed by atoms with E-state index in [1.807, 2.05) is 19.2 Å². The lowest BCUT2D eigenvalue weighted by molar-refractivity contribution is -0.139. The van der Waals surface area contributed by atoms with Crippen LogP contribution in [0.1, 0.15) is 39.3 Å². The van der Waals surface area contributed by atoms with Crippen LogP contribution in [0.25, 0.3) is 0 Å². The molecule has 1 aromatic rings. The second kappa shape index (κ2) is 8.36. The number of rotatable bonds is 7. The maximum absolute atomic E-state index is 11.7. The molecule has 0 aliphatic heterocycles. The number of alkyl carbamates (subject to hydrolysis) is 1. The van der Waals surface area contributed by atoms with E-state index in [2.05, 4.69) is 15.6 Å². The second-order valence-electron chi connectivity index (χ2n) is 6.22. The quantitative estimate of drug-likeness (QED) is 0.712. The highest BCUT2D eigenvalue weighted by atomic mass is 16.6. The van der Waals surface area contributed by atoms with E-state index in [0.29, 0.717) is 19.3 Å². The molecule has 1 aromatic heterocycles. The highest BCUT2D eigenvalue weighted by Gasteiger charge is 2.23. The number of aliphatic carboxylic acids is 1. The molecule has 1 amide bonds. The van der Waals surface area contributed by atoms with Crippen LogP contribution in [0, 0.1) is 0 Å². The molecule has 7 heteroatoms. The first-order chi connectivity index (χ1) is 10.7. The monoisotopic (exact) mass is 323 g/mol. The Bertz CT molecular complexity index is 523. The molecule has 0 radical (unpaired) electrons. The molecule has 1 heterocycles. The molecule has 0 fully saturated rings. The number of anilines is 1. The normalized spacial score (nSPS) is 12.3. The number of ether oxygens (including phenoxy) is 1. The molecular weight excluding hydrogens is 298 g/mol. The van der Waals surface area contributed by atoms with E-state index in [0.717, 1.165) is 11.4 Å². The van der Waals surface area contributed by atoms with E-state index in [-0.39, 0.29) is 0 Å². The fourth-order valence-electron chi connectivity index (χ4n) is 1.91. The molecule has 0 aliphatic carbocycles. The smallest absolute Gasteiger partial charge is 0.408 e. The van der Waals surface area contributed by atoms with Crippen LogP contribution in [0.2, 0.25) is 0 Å². The maximum atomic E-state index is 11.7. The van der Waals surface area contributed by atoms with Crippen molar-refractivity contribution in [1.29, 1.82) is 0 Å². The van der Waals surface area contributed by atoms with Gasteiger partial charge in [-0.3, -0.25) is 4.98 Å². The van der Waals surface area contributed by atoms with E-state index in [4.69, 9.17) is 4.74 Å². The highest BCUT2D eigenvalue weighted by molar-refractivity contribution is 5.79. The molecule has 0 saturated carbocycles. The lowest BCUT2D eigenvalue weighted by atomic mass is 10.1. The summed E-state index contributed by atoms with van der Waals surface area (Å²) in [4.78, 5) is 27.2. The number of aryl methyl sites for hydroxylation is 1. The van der Waals surface area contributed by atoms with Crippen molar-refractivity contribution in [2.24, 2.45) is 0 Å². The van der Waals surface area contributed by atoms with Crippen molar-refractivity contribution >= 4 is 17.7 Å². The first-order valence-corrected chi connectivity index (χ1v) is 7.56. The maximum Gasteiger partial charge on any atom is 0.408 e. The van der Waals surface area contributed by atoms with Crippen LogP contribution in [0.5, 0.6) is 0 Å². The zero-order chi connectivity index (χ0) is 17.5. The average Bonchev–Trinajstić information content (AvgIpc) is 2.44. The standard InChI is InChI=1S/C16H25N3O4/c1-16(2,3)23-15(22)19-13(14(20)21)7-5-6-11-8-9-12(17-4)10-18-11/h8-10,13,17H,5-7H2,1-4H3,(H,19,22)(H,20,21). The number of hydrogen-bond donors (Lipinski definition) is 3. The first kappa shape index (κ1) is 18.7. The molecule has 0 aliphatic rings. The van der Waals surface area contributed by atoms with Gasteiger partial charge in [-0.1, -0.05) is 0 Å². The Morgan fingerprint density at radius 3 is 2.52 bits per heavy atom. The van der Waals surface area contributed by atoms with Gasteiger partial charge in [0.05, 0.1) is 11.9 Å². The van der Waals surface area contributed by atoms with Crippen molar-refractivity contribution in [2.75, 3.05) is 12.4 Å². The Hall–Kier alpha value is -2.31. The molecule has 7 nitrogen and oxygen atoms in total. The van der Waals surface area contributed by atoms with E-state index < -0.39 is 23.7 Å². The minimum Gasteiger partial charge on any atom is -0.480 e. The highest BCUT2D eigenvalue weighted by Crippen LogP contribution is 2.10. The number of carbonyl (C=O) groups is 2. The predicted molar refractivity (Wildman–Crippen MR) is 87.5 cm³/mol. The summed E-state index contributed by atoms with van der Waals surface area (Å²) < 4.78 is 5.08. The van der Waals surface area contributed by atoms with Gasteiger partial charge in [0.2, 0.25) is 0 Å². The number of nitrogens with zero attached hydrogens (tertiary/aromatic N) is 1.